The first-order chi connectivity index (χ1) is 8.20. The van der Waals surface area contributed by atoms with Gasteiger partial charge < -0.3 is 14.7 Å². The van der Waals surface area contributed by atoms with Crippen LogP contribution in [0.15, 0.2) is 24.5 Å². The SMILES string of the molecule is CC1CN(C(=O)c2cccnc2)CC(CO)O1. The monoisotopic (exact) mass is 236 g/mol. The molecule has 0 aromatic carbocycles. The van der Waals surface area contributed by atoms with Crippen molar-refractivity contribution in [3.8, 4) is 0 Å². The Morgan fingerprint density at radius 2 is 2.47 bits per heavy atom. The summed E-state index contributed by atoms with van der Waals surface area (Å²) in [5.74, 6) is -0.0632. The molecule has 2 unspecified atom stereocenters. The minimum absolute atomic E-state index is 0.0541. The van der Waals surface area contributed by atoms with Crippen LogP contribution < -0.4 is 0 Å². The van der Waals surface area contributed by atoms with E-state index in [9.17, 15) is 4.79 Å². The van der Waals surface area contributed by atoms with Crippen molar-refractivity contribution in [2.75, 3.05) is 19.7 Å². The van der Waals surface area contributed by atoms with Crippen LogP contribution >= 0.6 is 0 Å². The molecule has 0 aliphatic carbocycles. The molecule has 2 rings (SSSR count). The zero-order valence-electron chi connectivity index (χ0n) is 9.74. The highest BCUT2D eigenvalue weighted by Gasteiger charge is 2.28. The third-order valence-corrected chi connectivity index (χ3v) is 2.73. The second-order valence-corrected chi connectivity index (χ2v) is 4.20. The molecule has 0 radical (unpaired) electrons. The molecule has 5 nitrogen and oxygen atoms in total. The summed E-state index contributed by atoms with van der Waals surface area (Å²) in [4.78, 5) is 17.8. The zero-order chi connectivity index (χ0) is 12.3. The van der Waals surface area contributed by atoms with Gasteiger partial charge in [-0.25, -0.2) is 0 Å². The number of hydrogen-bond acceptors (Lipinski definition) is 4. The van der Waals surface area contributed by atoms with E-state index in [1.165, 1.54) is 0 Å². The number of pyridine rings is 1. The number of aliphatic hydroxyl groups excluding tert-OH is 1. The molecular weight excluding hydrogens is 220 g/mol. The van der Waals surface area contributed by atoms with Gasteiger partial charge in [0.25, 0.3) is 5.91 Å². The van der Waals surface area contributed by atoms with Crippen LogP contribution in [0, 0.1) is 0 Å². The van der Waals surface area contributed by atoms with Crippen LogP contribution in [-0.2, 0) is 4.74 Å². The van der Waals surface area contributed by atoms with Crippen molar-refractivity contribution < 1.29 is 14.6 Å². The fourth-order valence-corrected chi connectivity index (χ4v) is 1.98. The number of aromatic nitrogens is 1. The van der Waals surface area contributed by atoms with Crippen LogP contribution in [-0.4, -0.2) is 52.8 Å². The topological polar surface area (TPSA) is 62.7 Å². The lowest BCUT2D eigenvalue weighted by Crippen LogP contribution is -2.50. The second-order valence-electron chi connectivity index (χ2n) is 4.20. The molecule has 0 saturated carbocycles. The fraction of sp³-hybridized carbons (Fsp3) is 0.500. The molecule has 1 aromatic rings. The van der Waals surface area contributed by atoms with Gasteiger partial charge in [-0.2, -0.15) is 0 Å². The summed E-state index contributed by atoms with van der Waals surface area (Å²) in [6.07, 6.45) is 2.84. The molecule has 1 aromatic heterocycles. The summed E-state index contributed by atoms with van der Waals surface area (Å²) in [7, 11) is 0. The molecule has 5 heteroatoms. The first-order valence-electron chi connectivity index (χ1n) is 5.66. The van der Waals surface area contributed by atoms with E-state index in [-0.39, 0.29) is 24.7 Å². The number of nitrogens with zero attached hydrogens (tertiary/aromatic N) is 2. The Hall–Kier alpha value is -1.46. The summed E-state index contributed by atoms with van der Waals surface area (Å²) in [6, 6.07) is 3.48. The Morgan fingerprint density at radius 1 is 1.65 bits per heavy atom. The Balaban J connectivity index is 2.09. The van der Waals surface area contributed by atoms with Crippen LogP contribution in [0.25, 0.3) is 0 Å². The van der Waals surface area contributed by atoms with Gasteiger partial charge in [-0.05, 0) is 19.1 Å². The molecule has 1 N–H and O–H groups in total. The van der Waals surface area contributed by atoms with Gasteiger partial charge in [0.1, 0.15) is 0 Å². The summed E-state index contributed by atoms with van der Waals surface area (Å²) in [5.41, 5.74) is 0.568. The number of morpholine rings is 1. The smallest absolute Gasteiger partial charge is 0.255 e. The van der Waals surface area contributed by atoms with Crippen LogP contribution in [0.4, 0.5) is 0 Å². The third kappa shape index (κ3) is 2.81. The molecule has 1 saturated heterocycles. The molecule has 17 heavy (non-hydrogen) atoms. The number of carbonyl (C=O) groups is 1. The summed E-state index contributed by atoms with van der Waals surface area (Å²) in [5, 5.41) is 9.10. The van der Waals surface area contributed by atoms with Crippen molar-refractivity contribution in [3.63, 3.8) is 0 Å². The molecule has 0 bridgehead atoms. The number of ether oxygens (including phenoxy) is 1. The van der Waals surface area contributed by atoms with Crippen LogP contribution in [0.3, 0.4) is 0 Å². The van der Waals surface area contributed by atoms with E-state index in [2.05, 4.69) is 4.98 Å². The summed E-state index contributed by atoms with van der Waals surface area (Å²) in [6.45, 7) is 2.80. The lowest BCUT2D eigenvalue weighted by Gasteiger charge is -2.36. The van der Waals surface area contributed by atoms with Crippen molar-refractivity contribution in [1.29, 1.82) is 0 Å². The van der Waals surface area contributed by atoms with Gasteiger partial charge in [0.05, 0.1) is 24.4 Å². The van der Waals surface area contributed by atoms with Gasteiger partial charge in [-0.1, -0.05) is 0 Å². The number of carbonyl (C=O) groups excluding carboxylic acids is 1. The van der Waals surface area contributed by atoms with Crippen LogP contribution in [0.1, 0.15) is 17.3 Å². The average molecular weight is 236 g/mol. The Kier molecular flexibility index (Phi) is 3.71. The standard InChI is InChI=1S/C12H16N2O3/c1-9-6-14(7-11(8-15)17-9)12(16)10-3-2-4-13-5-10/h2-5,9,11,15H,6-8H2,1H3. The van der Waals surface area contributed by atoms with Crippen molar-refractivity contribution in [1.82, 2.24) is 9.88 Å². The lowest BCUT2D eigenvalue weighted by atomic mass is 10.2. The molecule has 1 aliphatic heterocycles. The van der Waals surface area contributed by atoms with E-state index < -0.39 is 0 Å². The molecule has 1 amide bonds. The number of rotatable bonds is 2. The fourth-order valence-electron chi connectivity index (χ4n) is 1.98. The number of amides is 1. The van der Waals surface area contributed by atoms with E-state index in [0.29, 0.717) is 18.7 Å². The quantitative estimate of drug-likeness (QED) is 0.802. The van der Waals surface area contributed by atoms with Crippen LogP contribution in [0.5, 0.6) is 0 Å². The van der Waals surface area contributed by atoms with Crippen molar-refractivity contribution in [3.05, 3.63) is 30.1 Å². The first-order valence-corrected chi connectivity index (χ1v) is 5.66. The summed E-state index contributed by atoms with van der Waals surface area (Å²) < 4.78 is 5.49. The van der Waals surface area contributed by atoms with Gasteiger partial charge in [0.15, 0.2) is 0 Å². The average Bonchev–Trinajstić information content (AvgIpc) is 2.38. The van der Waals surface area contributed by atoms with Gasteiger partial charge in [0, 0.05) is 25.5 Å². The maximum Gasteiger partial charge on any atom is 0.255 e. The van der Waals surface area contributed by atoms with E-state index >= 15 is 0 Å². The van der Waals surface area contributed by atoms with E-state index in [1.807, 2.05) is 6.92 Å². The van der Waals surface area contributed by atoms with Gasteiger partial charge in [0.2, 0.25) is 0 Å². The summed E-state index contributed by atoms with van der Waals surface area (Å²) >= 11 is 0. The van der Waals surface area contributed by atoms with Crippen LogP contribution in [0.2, 0.25) is 0 Å². The normalized spacial score (nSPS) is 24.7. The van der Waals surface area contributed by atoms with Crippen molar-refractivity contribution in [2.24, 2.45) is 0 Å². The Bertz CT molecular complexity index is 383. The molecule has 1 aliphatic rings. The van der Waals surface area contributed by atoms with E-state index in [1.54, 1.807) is 29.4 Å². The maximum absolute atomic E-state index is 12.2. The molecular formula is C12H16N2O3. The highest BCUT2D eigenvalue weighted by Crippen LogP contribution is 2.13. The Morgan fingerprint density at radius 3 is 3.12 bits per heavy atom. The van der Waals surface area contributed by atoms with Crippen molar-refractivity contribution in [2.45, 2.75) is 19.1 Å². The minimum atomic E-state index is -0.292. The van der Waals surface area contributed by atoms with Gasteiger partial charge >= 0.3 is 0 Å². The lowest BCUT2D eigenvalue weighted by molar-refractivity contribution is -0.0858. The van der Waals surface area contributed by atoms with Gasteiger partial charge in [-0.15, -0.1) is 0 Å². The molecule has 92 valence electrons. The molecule has 0 spiro atoms. The minimum Gasteiger partial charge on any atom is -0.394 e. The van der Waals surface area contributed by atoms with Gasteiger partial charge in [-0.3, -0.25) is 9.78 Å². The molecule has 1 fully saturated rings. The Labute approximate surface area is 100 Å². The van der Waals surface area contributed by atoms with E-state index in [0.717, 1.165) is 0 Å². The second kappa shape index (κ2) is 5.25. The predicted octanol–water partition coefficient (Wildman–Crippen LogP) is 0.303. The predicted molar refractivity (Wildman–Crippen MR) is 61.6 cm³/mol. The first kappa shape index (κ1) is 12.0. The number of aliphatic hydroxyl groups is 1. The zero-order valence-corrected chi connectivity index (χ0v) is 9.74. The van der Waals surface area contributed by atoms with Crippen molar-refractivity contribution >= 4 is 5.91 Å². The highest BCUT2D eigenvalue weighted by molar-refractivity contribution is 5.93. The largest absolute Gasteiger partial charge is 0.394 e. The molecule has 2 heterocycles. The van der Waals surface area contributed by atoms with E-state index in [4.69, 9.17) is 9.84 Å². The maximum atomic E-state index is 12.2. The molecule has 2 atom stereocenters. The highest BCUT2D eigenvalue weighted by atomic mass is 16.5. The number of hydrogen-bond donors (Lipinski definition) is 1. The third-order valence-electron chi connectivity index (χ3n) is 2.73.